The van der Waals surface area contributed by atoms with Crippen LogP contribution in [0.1, 0.15) is 13.8 Å². The molecule has 0 aromatic carbocycles. The summed E-state index contributed by atoms with van der Waals surface area (Å²) < 4.78 is 0. The number of hydrogen-bond donors (Lipinski definition) is 2. The van der Waals surface area contributed by atoms with Gasteiger partial charge in [-0.25, -0.2) is 0 Å². The van der Waals surface area contributed by atoms with Crippen molar-refractivity contribution in [3.05, 3.63) is 36.2 Å². The van der Waals surface area contributed by atoms with Crippen LogP contribution in [0.25, 0.3) is 0 Å². The first-order chi connectivity index (χ1) is 10.5. The fourth-order valence-electron chi connectivity index (χ4n) is 2.75. The first-order valence-corrected chi connectivity index (χ1v) is 7.55. The van der Waals surface area contributed by atoms with Crippen LogP contribution in [0.15, 0.2) is 36.2 Å². The molecule has 2 aliphatic heterocycles. The number of allylic oxidation sites excluding steroid dienone is 1. The van der Waals surface area contributed by atoms with Gasteiger partial charge in [0, 0.05) is 38.1 Å². The van der Waals surface area contributed by atoms with Crippen molar-refractivity contribution < 1.29 is 9.59 Å². The maximum Gasteiger partial charge on any atom is 0.252 e. The highest BCUT2D eigenvalue weighted by atomic mass is 16.2. The maximum atomic E-state index is 12.1. The lowest BCUT2D eigenvalue weighted by atomic mass is 10.0. The summed E-state index contributed by atoms with van der Waals surface area (Å²) in [5.41, 5.74) is 1.40. The summed E-state index contributed by atoms with van der Waals surface area (Å²) in [4.78, 5) is 27.7. The van der Waals surface area contributed by atoms with Crippen LogP contribution >= 0.6 is 0 Å². The van der Waals surface area contributed by atoms with Crippen LogP contribution in [0.3, 0.4) is 0 Å². The number of piperazine rings is 1. The monoisotopic (exact) mass is 304 g/mol. The number of carbonyl (C=O) groups is 2. The highest BCUT2D eigenvalue weighted by Gasteiger charge is 2.30. The molecule has 1 saturated heterocycles. The largest absolute Gasteiger partial charge is 0.355 e. The van der Waals surface area contributed by atoms with Gasteiger partial charge in [-0.05, 0) is 26.0 Å². The average Bonchev–Trinajstić information content (AvgIpc) is 2.53. The van der Waals surface area contributed by atoms with Crippen molar-refractivity contribution in [2.45, 2.75) is 25.9 Å². The first kappa shape index (κ1) is 16.3. The van der Waals surface area contributed by atoms with E-state index in [2.05, 4.69) is 17.2 Å². The molecule has 120 valence electrons. The maximum absolute atomic E-state index is 12.1. The Labute approximate surface area is 131 Å². The van der Waals surface area contributed by atoms with Crippen LogP contribution in [-0.4, -0.2) is 60.4 Å². The number of likely N-dealkylation sites (N-methyl/N-ethyl adjacent to an activating group) is 1. The van der Waals surface area contributed by atoms with E-state index in [0.29, 0.717) is 18.7 Å². The summed E-state index contributed by atoms with van der Waals surface area (Å²) in [7, 11) is 1.61. The van der Waals surface area contributed by atoms with Gasteiger partial charge in [0.05, 0.1) is 18.2 Å². The van der Waals surface area contributed by atoms with E-state index in [4.69, 9.17) is 0 Å². The standard InChI is InChI=1S/C16H24N4O2/c1-11-5-6-14(16(22)17-4)10-20(11)13(3)12(2)19-8-7-18-9-15(19)21/h5-6,10,12-13,18H,1,7-9H2,2-4H3,(H,17,22)/t12-,13?/m0/s1. The highest BCUT2D eigenvalue weighted by molar-refractivity contribution is 5.96. The van der Waals surface area contributed by atoms with Crippen LogP contribution in [0, 0.1) is 0 Å². The summed E-state index contributed by atoms with van der Waals surface area (Å²) >= 11 is 0. The molecule has 0 saturated carbocycles. The van der Waals surface area contributed by atoms with Gasteiger partial charge in [0.25, 0.3) is 5.91 Å². The molecule has 2 N–H and O–H groups in total. The smallest absolute Gasteiger partial charge is 0.252 e. The van der Waals surface area contributed by atoms with E-state index in [1.54, 1.807) is 19.3 Å². The van der Waals surface area contributed by atoms with Gasteiger partial charge < -0.3 is 20.4 Å². The van der Waals surface area contributed by atoms with E-state index in [9.17, 15) is 9.59 Å². The molecule has 0 aromatic rings. The van der Waals surface area contributed by atoms with E-state index >= 15 is 0 Å². The van der Waals surface area contributed by atoms with Gasteiger partial charge in [0.2, 0.25) is 5.91 Å². The second-order valence-electron chi connectivity index (χ2n) is 5.64. The van der Waals surface area contributed by atoms with Gasteiger partial charge in [-0.2, -0.15) is 0 Å². The first-order valence-electron chi connectivity index (χ1n) is 7.55. The fourth-order valence-corrected chi connectivity index (χ4v) is 2.75. The zero-order valence-electron chi connectivity index (χ0n) is 13.4. The molecule has 6 nitrogen and oxygen atoms in total. The molecule has 0 radical (unpaired) electrons. The second kappa shape index (κ2) is 6.79. The van der Waals surface area contributed by atoms with Crippen molar-refractivity contribution in [2.24, 2.45) is 0 Å². The van der Waals surface area contributed by atoms with Crippen LogP contribution in [0.2, 0.25) is 0 Å². The van der Waals surface area contributed by atoms with Crippen LogP contribution in [0.5, 0.6) is 0 Å². The number of nitrogens with one attached hydrogen (secondary N) is 2. The van der Waals surface area contributed by atoms with Gasteiger partial charge in [-0.15, -0.1) is 0 Å². The molecule has 1 fully saturated rings. The van der Waals surface area contributed by atoms with Gasteiger partial charge >= 0.3 is 0 Å². The summed E-state index contributed by atoms with van der Waals surface area (Å²) in [6.07, 6.45) is 5.38. The molecule has 6 heteroatoms. The molecule has 0 aromatic heterocycles. The van der Waals surface area contributed by atoms with E-state index < -0.39 is 0 Å². The Morgan fingerprint density at radius 2 is 2.09 bits per heavy atom. The Kier molecular flexibility index (Phi) is 5.03. The van der Waals surface area contributed by atoms with E-state index in [1.807, 2.05) is 29.7 Å². The average molecular weight is 304 g/mol. The predicted octanol–water partition coefficient (Wildman–Crippen LogP) is 0.211. The molecule has 1 unspecified atom stereocenters. The lowest BCUT2D eigenvalue weighted by molar-refractivity contribution is -0.135. The van der Waals surface area contributed by atoms with Gasteiger partial charge in [-0.1, -0.05) is 6.58 Å². The Bertz CT molecular complexity index is 538. The Morgan fingerprint density at radius 3 is 2.73 bits per heavy atom. The molecule has 2 amide bonds. The van der Waals surface area contributed by atoms with Gasteiger partial charge in [0.15, 0.2) is 0 Å². The molecule has 2 atom stereocenters. The number of carbonyl (C=O) groups excluding carboxylic acids is 2. The topological polar surface area (TPSA) is 64.7 Å². The third-order valence-electron chi connectivity index (χ3n) is 4.31. The fraction of sp³-hybridized carbons (Fsp3) is 0.500. The zero-order valence-corrected chi connectivity index (χ0v) is 13.4. The van der Waals surface area contributed by atoms with Crippen LogP contribution in [-0.2, 0) is 9.59 Å². The normalized spacial score (nSPS) is 21.5. The molecular weight excluding hydrogens is 280 g/mol. The summed E-state index contributed by atoms with van der Waals surface area (Å²) in [5.74, 6) is -0.0221. The minimum absolute atomic E-state index is 0.0270. The van der Waals surface area contributed by atoms with Crippen molar-refractivity contribution in [1.29, 1.82) is 0 Å². The molecular formula is C16H24N4O2. The van der Waals surface area contributed by atoms with Crippen molar-refractivity contribution in [2.75, 3.05) is 26.7 Å². The van der Waals surface area contributed by atoms with E-state index in [0.717, 1.165) is 12.2 Å². The minimum atomic E-state index is -0.133. The number of amides is 2. The van der Waals surface area contributed by atoms with Crippen molar-refractivity contribution >= 4 is 11.8 Å². The molecule has 0 bridgehead atoms. The van der Waals surface area contributed by atoms with Crippen molar-refractivity contribution in [3.63, 3.8) is 0 Å². The SMILES string of the molecule is C=C1C=CC(C(=O)NC)=CN1C(C)[C@H](C)N1CCNCC1=O. The molecule has 22 heavy (non-hydrogen) atoms. The third-order valence-corrected chi connectivity index (χ3v) is 4.31. The molecule has 2 rings (SSSR count). The van der Waals surface area contributed by atoms with Crippen LogP contribution in [0.4, 0.5) is 0 Å². The lowest BCUT2D eigenvalue weighted by Crippen LogP contribution is -2.56. The molecule has 0 aliphatic carbocycles. The molecule has 2 heterocycles. The highest BCUT2D eigenvalue weighted by Crippen LogP contribution is 2.22. The quantitative estimate of drug-likeness (QED) is 0.779. The molecule has 0 spiro atoms. The second-order valence-corrected chi connectivity index (χ2v) is 5.64. The summed E-state index contributed by atoms with van der Waals surface area (Å²) in [5, 5.41) is 5.70. The number of hydrogen-bond acceptors (Lipinski definition) is 4. The Balaban J connectivity index is 2.16. The van der Waals surface area contributed by atoms with Crippen molar-refractivity contribution in [3.8, 4) is 0 Å². The van der Waals surface area contributed by atoms with E-state index in [1.165, 1.54) is 0 Å². The van der Waals surface area contributed by atoms with Crippen LogP contribution < -0.4 is 10.6 Å². The number of nitrogens with zero attached hydrogens (tertiary/aromatic N) is 2. The third kappa shape index (κ3) is 3.22. The van der Waals surface area contributed by atoms with Gasteiger partial charge in [0.1, 0.15) is 0 Å². The predicted molar refractivity (Wildman–Crippen MR) is 85.8 cm³/mol. The minimum Gasteiger partial charge on any atom is -0.355 e. The summed E-state index contributed by atoms with van der Waals surface area (Å²) in [6, 6.07) is 0.0548. The van der Waals surface area contributed by atoms with Gasteiger partial charge in [-0.3, -0.25) is 9.59 Å². The summed E-state index contributed by atoms with van der Waals surface area (Å²) in [6.45, 7) is 10.0. The Hall–Kier alpha value is -2.08. The number of rotatable bonds is 4. The molecule has 2 aliphatic rings. The van der Waals surface area contributed by atoms with E-state index in [-0.39, 0.29) is 23.9 Å². The Morgan fingerprint density at radius 1 is 1.36 bits per heavy atom. The van der Waals surface area contributed by atoms with Crippen molar-refractivity contribution in [1.82, 2.24) is 20.4 Å². The lowest BCUT2D eigenvalue weighted by Gasteiger charge is -2.41. The zero-order chi connectivity index (χ0) is 16.3.